The summed E-state index contributed by atoms with van der Waals surface area (Å²) < 4.78 is 5.18. The minimum atomic E-state index is -0.945. The fraction of sp³-hybridized carbons (Fsp3) is 0.261. The summed E-state index contributed by atoms with van der Waals surface area (Å²) in [5.74, 6) is -2.03. The maximum absolute atomic E-state index is 13.5. The number of cyclic esters (lactones) is 1. The third kappa shape index (κ3) is 2.83. The second-order valence-corrected chi connectivity index (χ2v) is 7.25. The number of hydrogen-bond acceptors (Lipinski definition) is 4. The molecule has 0 radical (unpaired) electrons. The van der Waals surface area contributed by atoms with Crippen LogP contribution in [0.4, 0.5) is 4.79 Å². The first-order chi connectivity index (χ1) is 13.5. The molecule has 0 unspecified atom stereocenters. The van der Waals surface area contributed by atoms with E-state index in [0.29, 0.717) is 5.57 Å². The molecular weight excluding hydrogens is 354 g/mol. The van der Waals surface area contributed by atoms with Gasteiger partial charge in [-0.2, -0.15) is 0 Å². The van der Waals surface area contributed by atoms with Gasteiger partial charge >= 0.3 is 6.09 Å². The number of rotatable bonds is 3. The van der Waals surface area contributed by atoms with Gasteiger partial charge in [0.25, 0.3) is 0 Å². The Kier molecular flexibility index (Phi) is 4.59. The van der Waals surface area contributed by atoms with E-state index in [9.17, 15) is 14.4 Å². The molecule has 4 rings (SSSR count). The number of nitrogens with zero attached hydrogens (tertiary/aromatic N) is 1. The fourth-order valence-electron chi connectivity index (χ4n) is 4.16. The molecule has 2 aliphatic rings. The minimum absolute atomic E-state index is 0.0941. The highest BCUT2D eigenvalue weighted by atomic mass is 16.6. The topological polar surface area (TPSA) is 63.7 Å². The third-order valence-electron chi connectivity index (χ3n) is 5.76. The van der Waals surface area contributed by atoms with Crippen LogP contribution >= 0.6 is 0 Å². The monoisotopic (exact) mass is 375 g/mol. The summed E-state index contributed by atoms with van der Waals surface area (Å²) >= 11 is 0. The molecule has 3 atom stereocenters. The van der Waals surface area contributed by atoms with Gasteiger partial charge in [-0.1, -0.05) is 66.2 Å². The van der Waals surface area contributed by atoms with E-state index >= 15 is 0 Å². The van der Waals surface area contributed by atoms with Gasteiger partial charge in [0.05, 0.1) is 0 Å². The Morgan fingerprint density at radius 1 is 0.929 bits per heavy atom. The number of ether oxygens (including phenoxy) is 1. The lowest BCUT2D eigenvalue weighted by molar-refractivity contribution is -0.138. The number of Topliss-reactive ketones (excluding diaryl/α,β-unsaturated/α-hetero) is 1. The molecule has 2 amide bonds. The summed E-state index contributed by atoms with van der Waals surface area (Å²) in [6.45, 7) is 3.73. The van der Waals surface area contributed by atoms with Crippen molar-refractivity contribution in [3.8, 4) is 0 Å². The highest BCUT2D eigenvalue weighted by Gasteiger charge is 2.50. The van der Waals surface area contributed by atoms with Crippen molar-refractivity contribution in [1.82, 2.24) is 4.90 Å². The van der Waals surface area contributed by atoms with E-state index in [1.165, 1.54) is 0 Å². The van der Waals surface area contributed by atoms with Crippen molar-refractivity contribution in [1.29, 1.82) is 0 Å². The van der Waals surface area contributed by atoms with E-state index in [-0.39, 0.29) is 18.3 Å². The van der Waals surface area contributed by atoms with Crippen LogP contribution in [0.2, 0.25) is 0 Å². The van der Waals surface area contributed by atoms with Crippen LogP contribution in [-0.2, 0) is 14.3 Å². The van der Waals surface area contributed by atoms with Gasteiger partial charge in [-0.15, -0.1) is 0 Å². The van der Waals surface area contributed by atoms with Crippen molar-refractivity contribution < 1.29 is 19.1 Å². The van der Waals surface area contributed by atoms with E-state index in [2.05, 4.69) is 0 Å². The highest BCUT2D eigenvalue weighted by molar-refractivity contribution is 6.16. The number of ketones is 1. The van der Waals surface area contributed by atoms with Crippen molar-refractivity contribution in [3.05, 3.63) is 82.9 Å². The van der Waals surface area contributed by atoms with Crippen LogP contribution in [-0.4, -0.2) is 29.3 Å². The first-order valence-corrected chi connectivity index (χ1v) is 9.32. The molecule has 5 nitrogen and oxygen atoms in total. The smallest absolute Gasteiger partial charge is 0.417 e. The number of carbonyl (C=O) groups excluding carboxylic acids is 3. The molecule has 2 aromatic rings. The molecule has 2 aromatic carbocycles. The highest BCUT2D eigenvalue weighted by Crippen LogP contribution is 2.44. The number of carbonyl (C=O) groups is 3. The molecule has 1 aliphatic heterocycles. The molecule has 0 aromatic heterocycles. The standard InChI is InChI=1S/C23H21NO4/c1-14-15(2)21(25)20(19(14)17-11-7-4-8-12-17)22(26)24-18(13-28-23(24)27)16-9-5-3-6-10-16/h3-12,18-20H,13H2,1-2H3/t18-,19+,20+/m1/s1. The molecule has 0 spiro atoms. The molecule has 5 heteroatoms. The first-order valence-electron chi connectivity index (χ1n) is 9.32. The van der Waals surface area contributed by atoms with E-state index in [4.69, 9.17) is 4.74 Å². The van der Waals surface area contributed by atoms with Gasteiger partial charge in [0, 0.05) is 5.92 Å². The van der Waals surface area contributed by atoms with Crippen molar-refractivity contribution in [2.24, 2.45) is 5.92 Å². The van der Waals surface area contributed by atoms with Crippen LogP contribution in [0.5, 0.6) is 0 Å². The maximum atomic E-state index is 13.5. The molecule has 142 valence electrons. The van der Waals surface area contributed by atoms with Crippen LogP contribution in [0.25, 0.3) is 0 Å². The molecule has 1 aliphatic carbocycles. The van der Waals surface area contributed by atoms with E-state index in [0.717, 1.165) is 21.6 Å². The van der Waals surface area contributed by atoms with Gasteiger partial charge in [-0.05, 0) is 30.5 Å². The average Bonchev–Trinajstić information content (AvgIpc) is 3.22. The van der Waals surface area contributed by atoms with E-state index in [1.54, 1.807) is 6.92 Å². The van der Waals surface area contributed by atoms with Crippen LogP contribution in [0.1, 0.15) is 36.9 Å². The van der Waals surface area contributed by atoms with Crippen LogP contribution in [0, 0.1) is 5.92 Å². The summed E-state index contributed by atoms with van der Waals surface area (Å²) in [5, 5.41) is 0. The second-order valence-electron chi connectivity index (χ2n) is 7.25. The Morgan fingerprint density at radius 3 is 2.11 bits per heavy atom. The fourth-order valence-corrected chi connectivity index (χ4v) is 4.16. The van der Waals surface area contributed by atoms with Gasteiger partial charge in [0.1, 0.15) is 18.6 Å². The minimum Gasteiger partial charge on any atom is -0.446 e. The Balaban J connectivity index is 1.73. The first kappa shape index (κ1) is 18.2. The summed E-state index contributed by atoms with van der Waals surface area (Å²) in [6, 6.07) is 18.3. The lowest BCUT2D eigenvalue weighted by Crippen LogP contribution is -2.42. The van der Waals surface area contributed by atoms with Gasteiger partial charge in [-0.25, -0.2) is 9.69 Å². The lowest BCUT2D eigenvalue weighted by Gasteiger charge is -2.26. The van der Waals surface area contributed by atoms with E-state index < -0.39 is 24.0 Å². The number of hydrogen-bond donors (Lipinski definition) is 0. The van der Waals surface area contributed by atoms with Crippen molar-refractivity contribution in [2.75, 3.05) is 6.61 Å². The largest absolute Gasteiger partial charge is 0.446 e. The zero-order chi connectivity index (χ0) is 19.8. The van der Waals surface area contributed by atoms with Gasteiger partial charge in [0.2, 0.25) is 5.91 Å². The van der Waals surface area contributed by atoms with Gasteiger partial charge < -0.3 is 4.74 Å². The Bertz CT molecular complexity index is 965. The summed E-state index contributed by atoms with van der Waals surface area (Å²) in [6.07, 6.45) is -0.694. The predicted molar refractivity (Wildman–Crippen MR) is 103 cm³/mol. The molecule has 0 saturated carbocycles. The number of benzene rings is 2. The predicted octanol–water partition coefficient (Wildman–Crippen LogP) is 4.03. The van der Waals surface area contributed by atoms with Gasteiger partial charge in [0.15, 0.2) is 5.78 Å². The summed E-state index contributed by atoms with van der Waals surface area (Å²) in [4.78, 5) is 40.0. The molecule has 1 fully saturated rings. The van der Waals surface area contributed by atoms with Gasteiger partial charge in [-0.3, -0.25) is 9.59 Å². The molecule has 0 N–H and O–H groups in total. The van der Waals surface area contributed by atoms with Crippen molar-refractivity contribution in [2.45, 2.75) is 25.8 Å². The Morgan fingerprint density at radius 2 is 1.50 bits per heavy atom. The SMILES string of the molecule is CC1=C(C)[C@@H](c2ccccc2)[C@H](C(=O)N2C(=O)OC[C@@H]2c2ccccc2)C1=O. The van der Waals surface area contributed by atoms with Crippen molar-refractivity contribution in [3.63, 3.8) is 0 Å². The maximum Gasteiger partial charge on any atom is 0.417 e. The molecule has 28 heavy (non-hydrogen) atoms. The average molecular weight is 375 g/mol. The quantitative estimate of drug-likeness (QED) is 0.760. The number of imide groups is 1. The molecule has 0 bridgehead atoms. The summed E-state index contributed by atoms with van der Waals surface area (Å²) in [7, 11) is 0. The summed E-state index contributed by atoms with van der Waals surface area (Å²) in [5.41, 5.74) is 3.17. The van der Waals surface area contributed by atoms with Crippen LogP contribution < -0.4 is 0 Å². The third-order valence-corrected chi connectivity index (χ3v) is 5.76. The number of amides is 2. The molecule has 1 saturated heterocycles. The van der Waals surface area contributed by atoms with Crippen LogP contribution in [0.15, 0.2) is 71.8 Å². The second kappa shape index (κ2) is 7.08. The lowest BCUT2D eigenvalue weighted by atomic mass is 9.83. The van der Waals surface area contributed by atoms with E-state index in [1.807, 2.05) is 67.6 Å². The molecule has 1 heterocycles. The Labute approximate surface area is 163 Å². The molecular formula is C23H21NO4. The normalized spacial score (nSPS) is 24.6. The Hall–Kier alpha value is -3.21. The van der Waals surface area contributed by atoms with Crippen molar-refractivity contribution >= 4 is 17.8 Å². The van der Waals surface area contributed by atoms with Crippen LogP contribution in [0.3, 0.4) is 0 Å². The zero-order valence-electron chi connectivity index (χ0n) is 15.8. The zero-order valence-corrected chi connectivity index (χ0v) is 15.8. The number of allylic oxidation sites excluding steroid dienone is 2.